The minimum atomic E-state index is -0.115. The Morgan fingerprint density at radius 2 is 2.38 bits per heavy atom. The second kappa shape index (κ2) is 5.66. The van der Waals surface area contributed by atoms with Gasteiger partial charge >= 0.3 is 0 Å². The summed E-state index contributed by atoms with van der Waals surface area (Å²) < 4.78 is 13.5. The predicted octanol–water partition coefficient (Wildman–Crippen LogP) is 2.33. The Hall–Kier alpha value is -0.580. The summed E-state index contributed by atoms with van der Waals surface area (Å²) in [5.41, 5.74) is 1.06. The van der Waals surface area contributed by atoms with Crippen LogP contribution in [0.15, 0.2) is 23.1 Å². The van der Waals surface area contributed by atoms with E-state index in [4.69, 9.17) is 5.11 Å². The number of hydrogen-bond acceptors (Lipinski definition) is 3. The Morgan fingerprint density at radius 3 is 3.19 bits per heavy atom. The van der Waals surface area contributed by atoms with E-state index in [1.54, 1.807) is 17.8 Å². The molecule has 0 spiro atoms. The molecule has 0 bridgehead atoms. The zero-order valence-corrected chi connectivity index (χ0v) is 9.89. The van der Waals surface area contributed by atoms with Gasteiger partial charge in [0.15, 0.2) is 0 Å². The fraction of sp³-hybridized carbons (Fsp3) is 0.500. The molecule has 0 saturated carbocycles. The molecule has 2 nitrogen and oxygen atoms in total. The van der Waals surface area contributed by atoms with Crippen molar-refractivity contribution in [2.45, 2.75) is 23.8 Å². The van der Waals surface area contributed by atoms with Crippen molar-refractivity contribution in [2.75, 3.05) is 18.9 Å². The van der Waals surface area contributed by atoms with Crippen LogP contribution in [0.1, 0.15) is 24.4 Å². The quantitative estimate of drug-likeness (QED) is 0.794. The molecule has 0 aliphatic carbocycles. The summed E-state index contributed by atoms with van der Waals surface area (Å²) in [6, 6.07) is 5.50. The van der Waals surface area contributed by atoms with Crippen molar-refractivity contribution in [3.63, 3.8) is 0 Å². The van der Waals surface area contributed by atoms with Crippen LogP contribution in [0.5, 0.6) is 0 Å². The first-order chi connectivity index (χ1) is 7.83. The summed E-state index contributed by atoms with van der Waals surface area (Å²) in [6.45, 7) is 0.978. The van der Waals surface area contributed by atoms with Gasteiger partial charge in [-0.1, -0.05) is 12.1 Å². The first-order valence-electron chi connectivity index (χ1n) is 5.58. The number of rotatable bonds is 4. The summed E-state index contributed by atoms with van der Waals surface area (Å²) in [7, 11) is 0. The fourth-order valence-electron chi connectivity index (χ4n) is 1.95. The standard InChI is InChI=1S/C12H16FNOS/c13-10-4-1-3-9-11(14-6-2-7-15)5-8-16-12(9)10/h1,3-4,11,14-15H,2,5-8H2. The van der Waals surface area contributed by atoms with Crippen LogP contribution in [0.25, 0.3) is 0 Å². The molecule has 2 N–H and O–H groups in total. The average molecular weight is 241 g/mol. The number of aliphatic hydroxyl groups is 1. The van der Waals surface area contributed by atoms with Crippen LogP contribution in [0.2, 0.25) is 0 Å². The van der Waals surface area contributed by atoms with Crippen molar-refractivity contribution in [1.82, 2.24) is 5.32 Å². The highest BCUT2D eigenvalue weighted by molar-refractivity contribution is 7.99. The van der Waals surface area contributed by atoms with Crippen molar-refractivity contribution in [3.8, 4) is 0 Å². The molecule has 4 heteroatoms. The van der Waals surface area contributed by atoms with Crippen LogP contribution in [-0.2, 0) is 0 Å². The van der Waals surface area contributed by atoms with Crippen LogP contribution in [0.3, 0.4) is 0 Å². The van der Waals surface area contributed by atoms with Crippen molar-refractivity contribution in [2.24, 2.45) is 0 Å². The lowest BCUT2D eigenvalue weighted by Gasteiger charge is -2.26. The first-order valence-corrected chi connectivity index (χ1v) is 6.57. The normalized spacial score (nSPS) is 19.5. The third kappa shape index (κ3) is 2.56. The van der Waals surface area contributed by atoms with Gasteiger partial charge in [-0.25, -0.2) is 4.39 Å². The lowest BCUT2D eigenvalue weighted by molar-refractivity contribution is 0.282. The molecule has 0 radical (unpaired) electrons. The Kier molecular flexibility index (Phi) is 4.21. The van der Waals surface area contributed by atoms with Gasteiger partial charge in [-0.2, -0.15) is 0 Å². The van der Waals surface area contributed by atoms with E-state index in [1.807, 2.05) is 6.07 Å². The van der Waals surface area contributed by atoms with Gasteiger partial charge in [0.25, 0.3) is 0 Å². The van der Waals surface area contributed by atoms with E-state index < -0.39 is 0 Å². The Morgan fingerprint density at radius 1 is 1.50 bits per heavy atom. The largest absolute Gasteiger partial charge is 0.396 e. The van der Waals surface area contributed by atoms with E-state index in [-0.39, 0.29) is 18.5 Å². The summed E-state index contributed by atoms with van der Waals surface area (Å²) in [4.78, 5) is 0.787. The number of fused-ring (bicyclic) bond motifs is 1. The van der Waals surface area contributed by atoms with E-state index >= 15 is 0 Å². The molecule has 1 heterocycles. The topological polar surface area (TPSA) is 32.3 Å². The SMILES string of the molecule is OCCCNC1CCSc2c(F)cccc21. The van der Waals surface area contributed by atoms with Crippen molar-refractivity contribution in [3.05, 3.63) is 29.6 Å². The van der Waals surface area contributed by atoms with Gasteiger partial charge in [0.05, 0.1) is 0 Å². The van der Waals surface area contributed by atoms with E-state index in [1.165, 1.54) is 6.07 Å². The van der Waals surface area contributed by atoms with E-state index in [2.05, 4.69) is 5.32 Å². The maximum Gasteiger partial charge on any atom is 0.137 e. The summed E-state index contributed by atoms with van der Waals surface area (Å²) in [5, 5.41) is 12.1. The monoisotopic (exact) mass is 241 g/mol. The molecule has 0 amide bonds. The number of benzene rings is 1. The number of thioether (sulfide) groups is 1. The molecule has 88 valence electrons. The van der Waals surface area contributed by atoms with E-state index in [9.17, 15) is 4.39 Å². The number of halogens is 1. The smallest absolute Gasteiger partial charge is 0.137 e. The molecular weight excluding hydrogens is 225 g/mol. The molecule has 0 saturated heterocycles. The highest BCUT2D eigenvalue weighted by atomic mass is 32.2. The first kappa shape index (κ1) is 11.9. The van der Waals surface area contributed by atoms with Gasteiger partial charge in [0.1, 0.15) is 5.82 Å². The van der Waals surface area contributed by atoms with Crippen molar-refractivity contribution >= 4 is 11.8 Å². The van der Waals surface area contributed by atoms with E-state index in [0.717, 1.165) is 35.6 Å². The van der Waals surface area contributed by atoms with Gasteiger partial charge in [-0.15, -0.1) is 11.8 Å². The van der Waals surface area contributed by atoms with Gasteiger partial charge in [0.2, 0.25) is 0 Å². The maximum absolute atomic E-state index is 13.5. The highest BCUT2D eigenvalue weighted by Crippen LogP contribution is 2.37. The molecule has 0 aromatic heterocycles. The van der Waals surface area contributed by atoms with Crippen LogP contribution >= 0.6 is 11.8 Å². The summed E-state index contributed by atoms with van der Waals surface area (Å²) >= 11 is 1.59. The lowest BCUT2D eigenvalue weighted by atomic mass is 10.0. The Bertz CT molecular complexity index is 359. The van der Waals surface area contributed by atoms with Crippen molar-refractivity contribution < 1.29 is 9.50 Å². The van der Waals surface area contributed by atoms with Crippen LogP contribution in [-0.4, -0.2) is 24.0 Å². The van der Waals surface area contributed by atoms with Gasteiger partial charge in [0, 0.05) is 17.5 Å². The summed E-state index contributed by atoms with van der Waals surface area (Å²) in [6.07, 6.45) is 1.76. The van der Waals surface area contributed by atoms with E-state index in [0.29, 0.717) is 0 Å². The van der Waals surface area contributed by atoms with Gasteiger partial charge < -0.3 is 10.4 Å². The zero-order valence-electron chi connectivity index (χ0n) is 9.08. The van der Waals surface area contributed by atoms with Crippen LogP contribution in [0.4, 0.5) is 4.39 Å². The number of nitrogens with one attached hydrogen (secondary N) is 1. The molecule has 1 aliphatic heterocycles. The third-order valence-electron chi connectivity index (χ3n) is 2.75. The molecule has 16 heavy (non-hydrogen) atoms. The summed E-state index contributed by atoms with van der Waals surface area (Å²) in [5.74, 6) is 0.834. The molecule has 1 aromatic carbocycles. The Labute approximate surface area is 99.2 Å². The Balaban J connectivity index is 2.10. The molecule has 1 aliphatic rings. The molecule has 1 atom stereocenters. The second-order valence-electron chi connectivity index (χ2n) is 3.88. The van der Waals surface area contributed by atoms with Crippen LogP contribution in [0, 0.1) is 5.82 Å². The number of hydrogen-bond donors (Lipinski definition) is 2. The average Bonchev–Trinajstić information content (AvgIpc) is 2.31. The molecule has 1 aromatic rings. The zero-order chi connectivity index (χ0) is 11.4. The predicted molar refractivity (Wildman–Crippen MR) is 64.2 cm³/mol. The minimum absolute atomic E-state index is 0.115. The molecule has 1 unspecified atom stereocenters. The maximum atomic E-state index is 13.5. The fourth-order valence-corrected chi connectivity index (χ4v) is 3.09. The minimum Gasteiger partial charge on any atom is -0.396 e. The third-order valence-corrected chi connectivity index (χ3v) is 3.91. The molecule has 0 fully saturated rings. The van der Waals surface area contributed by atoms with Crippen molar-refractivity contribution in [1.29, 1.82) is 0 Å². The highest BCUT2D eigenvalue weighted by Gasteiger charge is 2.22. The molecular formula is C12H16FNOS. The lowest BCUT2D eigenvalue weighted by Crippen LogP contribution is -2.26. The number of aliphatic hydroxyl groups excluding tert-OH is 1. The van der Waals surface area contributed by atoms with Gasteiger partial charge in [-0.05, 0) is 36.8 Å². The van der Waals surface area contributed by atoms with Crippen LogP contribution < -0.4 is 5.32 Å². The second-order valence-corrected chi connectivity index (χ2v) is 4.98. The molecule has 2 rings (SSSR count). The van der Waals surface area contributed by atoms with Gasteiger partial charge in [-0.3, -0.25) is 0 Å².